The lowest BCUT2D eigenvalue weighted by Gasteiger charge is -2.28. The minimum Gasteiger partial charge on any atom is -0.329 e. The molecular formula is C16H17ClF2N2. The molecule has 2 N–H and O–H groups in total. The Balaban J connectivity index is 2.20. The SMILES string of the molecule is CN(Cc1ccc(F)cc1)C(CN)c1cc(Cl)ccc1F. The number of halogens is 3. The van der Waals surface area contributed by atoms with Gasteiger partial charge in [0.2, 0.25) is 0 Å². The lowest BCUT2D eigenvalue weighted by molar-refractivity contribution is 0.236. The van der Waals surface area contributed by atoms with Crippen LogP contribution < -0.4 is 5.73 Å². The molecule has 0 bridgehead atoms. The largest absolute Gasteiger partial charge is 0.329 e. The molecule has 0 saturated heterocycles. The van der Waals surface area contributed by atoms with Gasteiger partial charge in [-0.05, 0) is 42.9 Å². The van der Waals surface area contributed by atoms with Gasteiger partial charge in [-0.15, -0.1) is 0 Å². The lowest BCUT2D eigenvalue weighted by atomic mass is 10.0. The summed E-state index contributed by atoms with van der Waals surface area (Å²) in [6, 6.07) is 10.4. The highest BCUT2D eigenvalue weighted by Crippen LogP contribution is 2.25. The topological polar surface area (TPSA) is 29.3 Å². The van der Waals surface area contributed by atoms with E-state index >= 15 is 0 Å². The number of likely N-dealkylation sites (N-methyl/N-ethyl adjacent to an activating group) is 1. The lowest BCUT2D eigenvalue weighted by Crippen LogP contribution is -2.30. The number of rotatable bonds is 5. The number of nitrogens with zero attached hydrogens (tertiary/aromatic N) is 1. The van der Waals surface area contributed by atoms with E-state index in [-0.39, 0.29) is 24.2 Å². The van der Waals surface area contributed by atoms with Crippen LogP contribution >= 0.6 is 11.6 Å². The molecule has 0 aliphatic carbocycles. The zero-order valence-corrected chi connectivity index (χ0v) is 12.4. The smallest absolute Gasteiger partial charge is 0.128 e. The molecule has 112 valence electrons. The molecule has 0 fully saturated rings. The van der Waals surface area contributed by atoms with Gasteiger partial charge in [0, 0.05) is 29.7 Å². The first-order valence-electron chi connectivity index (χ1n) is 6.61. The molecule has 0 radical (unpaired) electrons. The van der Waals surface area contributed by atoms with Crippen LogP contribution in [0.5, 0.6) is 0 Å². The molecule has 0 aromatic heterocycles. The van der Waals surface area contributed by atoms with E-state index < -0.39 is 0 Å². The van der Waals surface area contributed by atoms with Crippen molar-refractivity contribution in [3.63, 3.8) is 0 Å². The fraction of sp³-hybridized carbons (Fsp3) is 0.250. The quantitative estimate of drug-likeness (QED) is 0.911. The summed E-state index contributed by atoms with van der Waals surface area (Å²) in [6.07, 6.45) is 0. The monoisotopic (exact) mass is 310 g/mol. The zero-order chi connectivity index (χ0) is 15.4. The molecule has 0 heterocycles. The molecule has 21 heavy (non-hydrogen) atoms. The minimum absolute atomic E-state index is 0.259. The van der Waals surface area contributed by atoms with E-state index in [4.69, 9.17) is 17.3 Å². The summed E-state index contributed by atoms with van der Waals surface area (Å²) in [4.78, 5) is 1.92. The number of nitrogens with two attached hydrogens (primary N) is 1. The highest BCUT2D eigenvalue weighted by atomic mass is 35.5. The van der Waals surface area contributed by atoms with Gasteiger partial charge in [0.25, 0.3) is 0 Å². The van der Waals surface area contributed by atoms with Gasteiger partial charge < -0.3 is 5.73 Å². The van der Waals surface area contributed by atoms with Gasteiger partial charge in [-0.1, -0.05) is 23.7 Å². The van der Waals surface area contributed by atoms with Crippen LogP contribution in [0, 0.1) is 11.6 Å². The van der Waals surface area contributed by atoms with Gasteiger partial charge in [0.05, 0.1) is 0 Å². The Hall–Kier alpha value is -1.49. The molecule has 2 nitrogen and oxygen atoms in total. The van der Waals surface area contributed by atoms with Crippen molar-refractivity contribution in [2.75, 3.05) is 13.6 Å². The fourth-order valence-electron chi connectivity index (χ4n) is 2.30. The molecular weight excluding hydrogens is 294 g/mol. The van der Waals surface area contributed by atoms with Crippen molar-refractivity contribution >= 4 is 11.6 Å². The maximum Gasteiger partial charge on any atom is 0.128 e. The molecule has 1 unspecified atom stereocenters. The highest BCUT2D eigenvalue weighted by Gasteiger charge is 2.19. The van der Waals surface area contributed by atoms with Crippen molar-refractivity contribution in [3.05, 3.63) is 70.2 Å². The van der Waals surface area contributed by atoms with Gasteiger partial charge in [-0.25, -0.2) is 8.78 Å². The molecule has 2 rings (SSSR count). The first-order valence-corrected chi connectivity index (χ1v) is 6.98. The van der Waals surface area contributed by atoms with Gasteiger partial charge in [0.15, 0.2) is 0 Å². The zero-order valence-electron chi connectivity index (χ0n) is 11.7. The summed E-state index contributed by atoms with van der Waals surface area (Å²) < 4.78 is 26.9. The Morgan fingerprint density at radius 1 is 1.14 bits per heavy atom. The van der Waals surface area contributed by atoms with Crippen molar-refractivity contribution < 1.29 is 8.78 Å². The summed E-state index contributed by atoms with van der Waals surface area (Å²) in [5.74, 6) is -0.613. The molecule has 0 amide bonds. The summed E-state index contributed by atoms with van der Waals surface area (Å²) in [5.41, 5.74) is 7.19. The molecule has 0 aliphatic heterocycles. The van der Waals surface area contributed by atoms with Crippen LogP contribution in [-0.4, -0.2) is 18.5 Å². The van der Waals surface area contributed by atoms with Crippen LogP contribution in [0.15, 0.2) is 42.5 Å². The summed E-state index contributed by atoms with van der Waals surface area (Å²) in [7, 11) is 1.85. The Morgan fingerprint density at radius 3 is 2.43 bits per heavy atom. The first kappa shape index (κ1) is 15.9. The molecule has 0 spiro atoms. The van der Waals surface area contributed by atoms with Gasteiger partial charge in [-0.3, -0.25) is 4.90 Å². The average molecular weight is 311 g/mol. The van der Waals surface area contributed by atoms with Crippen LogP contribution in [0.4, 0.5) is 8.78 Å². The Morgan fingerprint density at radius 2 is 1.81 bits per heavy atom. The minimum atomic E-state index is -0.333. The van der Waals surface area contributed by atoms with Crippen molar-refractivity contribution in [1.82, 2.24) is 4.90 Å². The standard InChI is InChI=1S/C16H17ClF2N2/c1-21(10-11-2-5-13(18)6-3-11)16(9-20)14-8-12(17)4-7-15(14)19/h2-8,16H,9-10,20H2,1H3. The summed E-state index contributed by atoms with van der Waals surface area (Å²) in [5, 5.41) is 0.472. The molecule has 0 saturated carbocycles. The van der Waals surface area contributed by atoms with Gasteiger partial charge >= 0.3 is 0 Å². The second-order valence-corrected chi connectivity index (χ2v) is 5.40. The Labute approximate surface area is 128 Å². The van der Waals surface area contributed by atoms with Crippen LogP contribution in [0.3, 0.4) is 0 Å². The molecule has 2 aromatic carbocycles. The van der Waals surface area contributed by atoms with Gasteiger partial charge in [0.1, 0.15) is 11.6 Å². The third-order valence-electron chi connectivity index (χ3n) is 3.42. The third-order valence-corrected chi connectivity index (χ3v) is 3.65. The number of hydrogen-bond donors (Lipinski definition) is 1. The van der Waals surface area contributed by atoms with E-state index in [0.717, 1.165) is 5.56 Å². The van der Waals surface area contributed by atoms with Gasteiger partial charge in [-0.2, -0.15) is 0 Å². The van der Waals surface area contributed by atoms with Crippen molar-refractivity contribution in [1.29, 1.82) is 0 Å². The second-order valence-electron chi connectivity index (χ2n) is 4.96. The van der Waals surface area contributed by atoms with E-state index in [9.17, 15) is 8.78 Å². The fourth-order valence-corrected chi connectivity index (χ4v) is 2.48. The number of benzene rings is 2. The van der Waals surface area contributed by atoms with E-state index in [1.807, 2.05) is 11.9 Å². The third kappa shape index (κ3) is 4.00. The highest BCUT2D eigenvalue weighted by molar-refractivity contribution is 6.30. The van der Waals surface area contributed by atoms with Crippen molar-refractivity contribution in [2.24, 2.45) is 5.73 Å². The number of hydrogen-bond acceptors (Lipinski definition) is 2. The van der Waals surface area contributed by atoms with E-state index in [1.165, 1.54) is 24.3 Å². The van der Waals surface area contributed by atoms with E-state index in [0.29, 0.717) is 17.1 Å². The second kappa shape index (κ2) is 6.98. The maximum atomic E-state index is 14.0. The first-order chi connectivity index (χ1) is 10.0. The van der Waals surface area contributed by atoms with E-state index in [2.05, 4.69) is 0 Å². The van der Waals surface area contributed by atoms with Crippen molar-refractivity contribution in [3.8, 4) is 0 Å². The van der Waals surface area contributed by atoms with Crippen molar-refractivity contribution in [2.45, 2.75) is 12.6 Å². The maximum absolute atomic E-state index is 14.0. The van der Waals surface area contributed by atoms with Crippen LogP contribution in [0.1, 0.15) is 17.2 Å². The molecule has 0 aliphatic rings. The molecule has 2 aromatic rings. The van der Waals surface area contributed by atoms with E-state index in [1.54, 1.807) is 18.2 Å². The summed E-state index contributed by atoms with van der Waals surface area (Å²) in [6.45, 7) is 0.795. The molecule has 1 atom stereocenters. The summed E-state index contributed by atoms with van der Waals surface area (Å²) >= 11 is 5.93. The average Bonchev–Trinajstić information content (AvgIpc) is 2.46. The normalized spacial score (nSPS) is 12.7. The van der Waals surface area contributed by atoms with Crippen LogP contribution in [0.25, 0.3) is 0 Å². The molecule has 5 heteroatoms. The Kier molecular flexibility index (Phi) is 5.28. The predicted molar refractivity (Wildman–Crippen MR) is 81.1 cm³/mol. The van der Waals surface area contributed by atoms with Crippen LogP contribution in [0.2, 0.25) is 5.02 Å². The van der Waals surface area contributed by atoms with Crippen LogP contribution in [-0.2, 0) is 6.54 Å². The Bertz CT molecular complexity index is 602. The predicted octanol–water partition coefficient (Wildman–Crippen LogP) is 3.75.